The molecule has 1 N–H and O–H groups in total. The first kappa shape index (κ1) is 12.3. The van der Waals surface area contributed by atoms with Crippen molar-refractivity contribution in [2.45, 2.75) is 25.6 Å². The lowest BCUT2D eigenvalue weighted by molar-refractivity contribution is 0.800. The van der Waals surface area contributed by atoms with E-state index in [1.807, 2.05) is 24.3 Å². The molecule has 1 heterocycles. The van der Waals surface area contributed by atoms with Gasteiger partial charge >= 0.3 is 0 Å². The predicted molar refractivity (Wildman–Crippen MR) is 73.3 cm³/mol. The molecule has 3 nitrogen and oxygen atoms in total. The zero-order valence-electron chi connectivity index (χ0n) is 9.77. The molecule has 0 bridgehead atoms. The van der Waals surface area contributed by atoms with Crippen LogP contribution >= 0.6 is 23.1 Å². The molecule has 17 heavy (non-hydrogen) atoms. The van der Waals surface area contributed by atoms with E-state index in [0.29, 0.717) is 11.8 Å². The largest absolute Gasteiger partial charge is 0.330 e. The standard InChI is InChI=1S/C12H14ClN3S/c1-8(2)11-15-12(17-16-11)14-10-6-4-3-5-9(10)7-13/h3-6,8H,7H2,1-2H3,(H,14,15,16). The van der Waals surface area contributed by atoms with Crippen molar-refractivity contribution in [2.24, 2.45) is 0 Å². The highest BCUT2D eigenvalue weighted by molar-refractivity contribution is 7.09. The van der Waals surface area contributed by atoms with E-state index in [-0.39, 0.29) is 0 Å². The highest BCUT2D eigenvalue weighted by Crippen LogP contribution is 2.24. The van der Waals surface area contributed by atoms with Crippen LogP contribution in [0.25, 0.3) is 0 Å². The van der Waals surface area contributed by atoms with Crippen molar-refractivity contribution in [3.63, 3.8) is 0 Å². The topological polar surface area (TPSA) is 37.8 Å². The van der Waals surface area contributed by atoms with E-state index in [1.165, 1.54) is 11.5 Å². The third kappa shape index (κ3) is 2.96. The third-order valence-corrected chi connectivity index (χ3v) is 3.29. The molecular formula is C12H14ClN3S. The number of anilines is 2. The lowest BCUT2D eigenvalue weighted by Crippen LogP contribution is -1.95. The van der Waals surface area contributed by atoms with Crippen LogP contribution in [0.5, 0.6) is 0 Å². The predicted octanol–water partition coefficient (Wildman–Crippen LogP) is 4.14. The second kappa shape index (κ2) is 5.47. The number of benzene rings is 1. The Labute approximate surface area is 110 Å². The summed E-state index contributed by atoms with van der Waals surface area (Å²) in [5, 5.41) is 4.07. The van der Waals surface area contributed by atoms with E-state index in [9.17, 15) is 0 Å². The maximum absolute atomic E-state index is 5.88. The molecule has 0 aliphatic heterocycles. The molecule has 1 aromatic heterocycles. The van der Waals surface area contributed by atoms with Crippen molar-refractivity contribution in [3.8, 4) is 0 Å². The van der Waals surface area contributed by atoms with E-state index in [0.717, 1.165) is 22.2 Å². The Morgan fingerprint density at radius 3 is 2.76 bits per heavy atom. The number of nitrogens with one attached hydrogen (secondary N) is 1. The molecule has 0 atom stereocenters. The summed E-state index contributed by atoms with van der Waals surface area (Å²) in [4.78, 5) is 4.43. The van der Waals surface area contributed by atoms with Crippen molar-refractivity contribution < 1.29 is 0 Å². The average Bonchev–Trinajstić information content (AvgIpc) is 2.78. The van der Waals surface area contributed by atoms with Crippen LogP contribution in [0.2, 0.25) is 0 Å². The van der Waals surface area contributed by atoms with Crippen molar-refractivity contribution in [2.75, 3.05) is 5.32 Å². The number of rotatable bonds is 4. The van der Waals surface area contributed by atoms with Crippen LogP contribution in [-0.2, 0) is 5.88 Å². The Morgan fingerprint density at radius 2 is 2.12 bits per heavy atom. The molecule has 0 aliphatic rings. The zero-order chi connectivity index (χ0) is 12.3. The third-order valence-electron chi connectivity index (χ3n) is 2.36. The normalized spacial score (nSPS) is 10.8. The maximum Gasteiger partial charge on any atom is 0.207 e. The van der Waals surface area contributed by atoms with Crippen LogP contribution in [-0.4, -0.2) is 9.36 Å². The van der Waals surface area contributed by atoms with Gasteiger partial charge in [-0.05, 0) is 11.6 Å². The van der Waals surface area contributed by atoms with Crippen molar-refractivity contribution in [3.05, 3.63) is 35.7 Å². The van der Waals surface area contributed by atoms with Crippen LogP contribution < -0.4 is 5.32 Å². The Balaban J connectivity index is 2.19. The number of halogens is 1. The quantitative estimate of drug-likeness (QED) is 0.846. The molecular weight excluding hydrogens is 254 g/mol. The van der Waals surface area contributed by atoms with Gasteiger partial charge in [0.1, 0.15) is 5.82 Å². The minimum atomic E-state index is 0.352. The lowest BCUT2D eigenvalue weighted by atomic mass is 10.2. The summed E-state index contributed by atoms with van der Waals surface area (Å²) in [5.74, 6) is 1.71. The number of aromatic nitrogens is 2. The Morgan fingerprint density at radius 1 is 1.35 bits per heavy atom. The van der Waals surface area contributed by atoms with Crippen molar-refractivity contribution in [1.82, 2.24) is 9.36 Å². The summed E-state index contributed by atoms with van der Waals surface area (Å²) in [6, 6.07) is 7.94. The smallest absolute Gasteiger partial charge is 0.207 e. The van der Waals surface area contributed by atoms with Crippen molar-refractivity contribution >= 4 is 34.0 Å². The fraction of sp³-hybridized carbons (Fsp3) is 0.333. The van der Waals surface area contributed by atoms with E-state index in [1.54, 1.807) is 0 Å². The minimum Gasteiger partial charge on any atom is -0.330 e. The zero-order valence-corrected chi connectivity index (χ0v) is 11.3. The SMILES string of the molecule is CC(C)c1nsc(Nc2ccccc2CCl)n1. The van der Waals surface area contributed by atoms with Gasteiger partial charge in [-0.3, -0.25) is 0 Å². The van der Waals surface area contributed by atoms with Gasteiger partial charge in [0.15, 0.2) is 0 Å². The Hall–Kier alpha value is -1.13. The first-order chi connectivity index (χ1) is 8.20. The van der Waals surface area contributed by atoms with Crippen LogP contribution in [0.4, 0.5) is 10.8 Å². The summed E-state index contributed by atoms with van der Waals surface area (Å²) >= 11 is 7.26. The minimum absolute atomic E-state index is 0.352. The lowest BCUT2D eigenvalue weighted by Gasteiger charge is -2.06. The van der Waals surface area contributed by atoms with Gasteiger partial charge in [-0.25, -0.2) is 4.98 Å². The molecule has 0 unspecified atom stereocenters. The first-order valence-corrected chi connectivity index (χ1v) is 6.76. The summed E-state index contributed by atoms with van der Waals surface area (Å²) in [7, 11) is 0. The van der Waals surface area contributed by atoms with Crippen molar-refractivity contribution in [1.29, 1.82) is 0 Å². The maximum atomic E-state index is 5.88. The number of para-hydroxylation sites is 1. The number of nitrogens with zero attached hydrogens (tertiary/aromatic N) is 2. The van der Waals surface area contributed by atoms with Gasteiger partial charge in [0.05, 0.1) is 0 Å². The van der Waals surface area contributed by atoms with E-state index < -0.39 is 0 Å². The molecule has 0 spiro atoms. The summed E-state index contributed by atoms with van der Waals surface area (Å²) < 4.78 is 4.30. The van der Waals surface area contributed by atoms with Gasteiger partial charge in [0.25, 0.3) is 0 Å². The Bertz CT molecular complexity index is 496. The molecule has 0 saturated heterocycles. The van der Waals surface area contributed by atoms with Gasteiger partial charge < -0.3 is 5.32 Å². The summed E-state index contributed by atoms with van der Waals surface area (Å²) in [5.41, 5.74) is 2.06. The molecule has 90 valence electrons. The fourth-order valence-corrected chi connectivity index (χ4v) is 2.35. The van der Waals surface area contributed by atoms with Crippen LogP contribution in [0.15, 0.2) is 24.3 Å². The van der Waals surface area contributed by atoms with Gasteiger partial charge in [-0.15, -0.1) is 11.6 Å². The van der Waals surface area contributed by atoms with Crippen LogP contribution in [0.1, 0.15) is 31.2 Å². The summed E-state index contributed by atoms with van der Waals surface area (Å²) in [6.07, 6.45) is 0. The molecule has 0 saturated carbocycles. The van der Waals surface area contributed by atoms with Gasteiger partial charge in [-0.2, -0.15) is 4.37 Å². The number of alkyl halides is 1. The second-order valence-corrected chi connectivity index (χ2v) is 5.05. The molecule has 1 aromatic carbocycles. The molecule has 0 amide bonds. The monoisotopic (exact) mass is 267 g/mol. The van der Waals surface area contributed by atoms with Gasteiger partial charge in [-0.1, -0.05) is 32.0 Å². The molecule has 2 aromatic rings. The van der Waals surface area contributed by atoms with Crippen LogP contribution in [0.3, 0.4) is 0 Å². The first-order valence-electron chi connectivity index (χ1n) is 5.45. The molecule has 0 fully saturated rings. The highest BCUT2D eigenvalue weighted by Gasteiger charge is 2.08. The van der Waals surface area contributed by atoms with Crippen LogP contribution in [0, 0.1) is 0 Å². The number of hydrogen-bond acceptors (Lipinski definition) is 4. The second-order valence-electron chi connectivity index (χ2n) is 4.03. The fourth-order valence-electron chi connectivity index (χ4n) is 1.39. The molecule has 2 rings (SSSR count). The summed E-state index contributed by atoms with van der Waals surface area (Å²) in [6.45, 7) is 4.16. The molecule has 0 aliphatic carbocycles. The van der Waals surface area contributed by atoms with E-state index >= 15 is 0 Å². The highest BCUT2D eigenvalue weighted by atomic mass is 35.5. The Kier molecular flexibility index (Phi) is 3.97. The molecule has 0 radical (unpaired) electrons. The van der Waals surface area contributed by atoms with Gasteiger partial charge in [0.2, 0.25) is 5.13 Å². The molecule has 5 heteroatoms. The van der Waals surface area contributed by atoms with Gasteiger partial charge in [0, 0.05) is 29.0 Å². The van der Waals surface area contributed by atoms with E-state index in [4.69, 9.17) is 11.6 Å². The number of hydrogen-bond donors (Lipinski definition) is 1. The van der Waals surface area contributed by atoms with E-state index in [2.05, 4.69) is 28.5 Å². The average molecular weight is 268 g/mol.